The molecule has 1 aromatic carbocycles. The lowest BCUT2D eigenvalue weighted by molar-refractivity contribution is -0.118. The molecule has 2 heterocycles. The van der Waals surface area contributed by atoms with Gasteiger partial charge >= 0.3 is 0 Å². The monoisotopic (exact) mass is 352 g/mol. The summed E-state index contributed by atoms with van der Waals surface area (Å²) < 4.78 is 31.6. The minimum Gasteiger partial charge on any atom is -0.482 e. The fourth-order valence-corrected chi connectivity index (χ4v) is 4.27. The molecule has 0 radical (unpaired) electrons. The van der Waals surface area contributed by atoms with Crippen molar-refractivity contribution in [3.63, 3.8) is 0 Å². The quantitative estimate of drug-likeness (QED) is 0.872. The first-order valence-corrected chi connectivity index (χ1v) is 8.85. The predicted molar refractivity (Wildman–Crippen MR) is 84.3 cm³/mol. The second-order valence-corrected chi connectivity index (χ2v) is 8.04. The number of anilines is 1. The first-order chi connectivity index (χ1) is 10.8. The van der Waals surface area contributed by atoms with Gasteiger partial charge in [0.1, 0.15) is 9.96 Å². The van der Waals surface area contributed by atoms with Crippen molar-refractivity contribution in [1.29, 1.82) is 0 Å². The minimum atomic E-state index is -3.92. The molecule has 2 amide bonds. The zero-order valence-corrected chi connectivity index (χ0v) is 13.6. The standard InChI is InChI=1S/C14H12N2O5S2/c1-8-2-5-13(22-8)23(19,20)16-14(18)9-3-4-11-10(6-9)15-12(17)7-21-11/h2-6H,7H2,1H3,(H,15,17)(H,16,18). The zero-order chi connectivity index (χ0) is 16.6. The molecule has 0 saturated carbocycles. The Hall–Kier alpha value is -2.39. The number of ether oxygens (including phenoxy) is 1. The Morgan fingerprint density at radius 2 is 2.09 bits per heavy atom. The molecular formula is C14H12N2O5S2. The number of carbonyl (C=O) groups is 2. The maximum Gasteiger partial charge on any atom is 0.273 e. The van der Waals surface area contributed by atoms with Crippen molar-refractivity contribution in [3.05, 3.63) is 40.8 Å². The van der Waals surface area contributed by atoms with Crippen molar-refractivity contribution in [3.8, 4) is 5.75 Å². The number of rotatable bonds is 3. The molecule has 0 fully saturated rings. The number of hydrogen-bond donors (Lipinski definition) is 2. The fourth-order valence-electron chi connectivity index (χ4n) is 2.01. The van der Waals surface area contributed by atoms with Gasteiger partial charge in [0.15, 0.2) is 6.61 Å². The molecule has 9 heteroatoms. The van der Waals surface area contributed by atoms with Crippen molar-refractivity contribution >= 4 is 38.9 Å². The average molecular weight is 352 g/mol. The highest BCUT2D eigenvalue weighted by Gasteiger charge is 2.22. The number of amides is 2. The number of thiophene rings is 1. The number of nitrogens with one attached hydrogen (secondary N) is 2. The Morgan fingerprint density at radius 1 is 1.30 bits per heavy atom. The summed E-state index contributed by atoms with van der Waals surface area (Å²) in [4.78, 5) is 24.3. The van der Waals surface area contributed by atoms with E-state index in [1.54, 1.807) is 13.0 Å². The molecule has 0 spiro atoms. The van der Waals surface area contributed by atoms with Gasteiger partial charge in [-0.05, 0) is 37.3 Å². The fraction of sp³-hybridized carbons (Fsp3) is 0.143. The summed E-state index contributed by atoms with van der Waals surface area (Å²) in [5, 5.41) is 2.56. The van der Waals surface area contributed by atoms with E-state index in [1.807, 2.05) is 4.72 Å². The highest BCUT2D eigenvalue weighted by molar-refractivity contribution is 7.92. The van der Waals surface area contributed by atoms with Crippen molar-refractivity contribution in [2.45, 2.75) is 11.1 Å². The summed E-state index contributed by atoms with van der Waals surface area (Å²) in [6.45, 7) is 1.68. The lowest BCUT2D eigenvalue weighted by atomic mass is 10.1. The van der Waals surface area contributed by atoms with Crippen LogP contribution >= 0.6 is 11.3 Å². The van der Waals surface area contributed by atoms with E-state index in [2.05, 4.69) is 5.32 Å². The van der Waals surface area contributed by atoms with E-state index in [4.69, 9.17) is 4.74 Å². The summed E-state index contributed by atoms with van der Waals surface area (Å²) in [6.07, 6.45) is 0. The molecule has 0 aliphatic carbocycles. The van der Waals surface area contributed by atoms with Crippen LogP contribution in [0.4, 0.5) is 5.69 Å². The van der Waals surface area contributed by atoms with Crippen molar-refractivity contribution in [1.82, 2.24) is 4.72 Å². The zero-order valence-electron chi connectivity index (χ0n) is 12.0. The van der Waals surface area contributed by atoms with Gasteiger partial charge in [0.2, 0.25) is 0 Å². The van der Waals surface area contributed by atoms with Crippen molar-refractivity contribution in [2.24, 2.45) is 0 Å². The summed E-state index contributed by atoms with van der Waals surface area (Å²) in [7, 11) is -3.92. The van der Waals surface area contributed by atoms with Crippen LogP contribution in [0.5, 0.6) is 5.75 Å². The topological polar surface area (TPSA) is 102 Å². The molecule has 0 bridgehead atoms. The lowest BCUT2D eigenvalue weighted by Crippen LogP contribution is -2.30. The highest BCUT2D eigenvalue weighted by atomic mass is 32.2. The van der Waals surface area contributed by atoms with Crippen molar-refractivity contribution in [2.75, 3.05) is 11.9 Å². The molecule has 3 rings (SSSR count). The Kier molecular flexibility index (Phi) is 3.82. The molecule has 120 valence electrons. The van der Waals surface area contributed by atoms with Crippen LogP contribution in [0.2, 0.25) is 0 Å². The minimum absolute atomic E-state index is 0.0675. The SMILES string of the molecule is Cc1ccc(S(=O)(=O)NC(=O)c2ccc3c(c2)NC(=O)CO3)s1. The molecule has 23 heavy (non-hydrogen) atoms. The average Bonchev–Trinajstić information content (AvgIpc) is 2.93. The Labute approximate surface area is 136 Å². The van der Waals surface area contributed by atoms with Crippen LogP contribution in [0, 0.1) is 6.92 Å². The molecule has 0 saturated heterocycles. The molecule has 0 atom stereocenters. The molecular weight excluding hydrogens is 340 g/mol. The smallest absolute Gasteiger partial charge is 0.273 e. The highest BCUT2D eigenvalue weighted by Crippen LogP contribution is 2.28. The molecule has 2 N–H and O–H groups in total. The number of benzene rings is 1. The molecule has 1 aliphatic rings. The van der Waals surface area contributed by atoms with Crippen LogP contribution in [0.25, 0.3) is 0 Å². The first kappa shape index (κ1) is 15.5. The second kappa shape index (κ2) is 5.67. The Balaban J connectivity index is 1.84. The third kappa shape index (κ3) is 3.20. The molecule has 1 aromatic heterocycles. The van der Waals surface area contributed by atoms with Crippen LogP contribution in [-0.4, -0.2) is 26.8 Å². The largest absolute Gasteiger partial charge is 0.482 e. The van der Waals surface area contributed by atoms with Gasteiger partial charge in [-0.2, -0.15) is 0 Å². The van der Waals surface area contributed by atoms with E-state index in [0.717, 1.165) is 16.2 Å². The van der Waals surface area contributed by atoms with E-state index >= 15 is 0 Å². The van der Waals surface area contributed by atoms with E-state index in [9.17, 15) is 18.0 Å². The molecule has 1 aliphatic heterocycles. The van der Waals surface area contributed by atoms with Gasteiger partial charge in [-0.3, -0.25) is 9.59 Å². The van der Waals surface area contributed by atoms with Crippen LogP contribution in [0.15, 0.2) is 34.5 Å². The van der Waals surface area contributed by atoms with E-state index in [1.165, 1.54) is 24.3 Å². The number of sulfonamides is 1. The lowest BCUT2D eigenvalue weighted by Gasteiger charge is -2.18. The number of fused-ring (bicyclic) bond motifs is 1. The van der Waals surface area contributed by atoms with Crippen LogP contribution in [0.1, 0.15) is 15.2 Å². The van der Waals surface area contributed by atoms with Gasteiger partial charge in [-0.1, -0.05) is 0 Å². The molecule has 2 aromatic rings. The third-order valence-corrected chi connectivity index (χ3v) is 5.91. The van der Waals surface area contributed by atoms with Gasteiger partial charge < -0.3 is 10.1 Å². The summed E-state index contributed by atoms with van der Waals surface area (Å²) >= 11 is 1.08. The molecule has 0 unspecified atom stereocenters. The molecule has 7 nitrogen and oxygen atoms in total. The van der Waals surface area contributed by atoms with Crippen molar-refractivity contribution < 1.29 is 22.7 Å². The van der Waals surface area contributed by atoms with Gasteiger partial charge in [-0.25, -0.2) is 13.1 Å². The number of hydrogen-bond acceptors (Lipinski definition) is 6. The van der Waals surface area contributed by atoms with Gasteiger partial charge in [0.25, 0.3) is 21.8 Å². The van der Waals surface area contributed by atoms with Gasteiger partial charge in [0, 0.05) is 10.4 Å². The van der Waals surface area contributed by atoms with Crippen LogP contribution < -0.4 is 14.8 Å². The second-order valence-electron chi connectivity index (χ2n) is 4.85. The Morgan fingerprint density at radius 3 is 2.78 bits per heavy atom. The van der Waals surface area contributed by atoms with E-state index in [0.29, 0.717) is 11.4 Å². The maximum absolute atomic E-state index is 12.2. The van der Waals surface area contributed by atoms with Crippen LogP contribution in [0.3, 0.4) is 0 Å². The summed E-state index contributed by atoms with van der Waals surface area (Å²) in [6, 6.07) is 7.41. The number of carbonyl (C=O) groups excluding carboxylic acids is 2. The Bertz CT molecular complexity index is 902. The van der Waals surface area contributed by atoms with E-state index in [-0.39, 0.29) is 22.3 Å². The van der Waals surface area contributed by atoms with E-state index < -0.39 is 15.9 Å². The third-order valence-electron chi connectivity index (χ3n) is 3.08. The summed E-state index contributed by atoms with van der Waals surface area (Å²) in [5.74, 6) is -0.687. The number of aryl methyl sites for hydroxylation is 1. The summed E-state index contributed by atoms with van der Waals surface area (Å²) in [5.41, 5.74) is 0.435. The first-order valence-electron chi connectivity index (χ1n) is 6.55. The predicted octanol–water partition coefficient (Wildman–Crippen LogP) is 1.51. The van der Waals surface area contributed by atoms with Gasteiger partial charge in [0.05, 0.1) is 5.69 Å². The maximum atomic E-state index is 12.2. The van der Waals surface area contributed by atoms with Crippen LogP contribution in [-0.2, 0) is 14.8 Å². The van der Waals surface area contributed by atoms with Gasteiger partial charge in [-0.15, -0.1) is 11.3 Å². The normalized spacial score (nSPS) is 13.7.